The molecule has 27 heavy (non-hydrogen) atoms. The zero-order valence-electron chi connectivity index (χ0n) is 14.7. The van der Waals surface area contributed by atoms with Crippen LogP contribution in [0.25, 0.3) is 33.6 Å². The highest BCUT2D eigenvalue weighted by molar-refractivity contribution is 5.77. The fourth-order valence-corrected chi connectivity index (χ4v) is 2.74. The first-order valence-corrected chi connectivity index (χ1v) is 8.76. The van der Waals surface area contributed by atoms with Gasteiger partial charge in [0.15, 0.2) is 0 Å². The molecule has 0 unspecified atom stereocenters. The highest BCUT2D eigenvalue weighted by Crippen LogP contribution is 2.23. The van der Waals surface area contributed by atoms with E-state index in [1.165, 1.54) is 5.39 Å². The lowest BCUT2D eigenvalue weighted by Crippen LogP contribution is -1.78. The van der Waals surface area contributed by atoms with Gasteiger partial charge in [-0.25, -0.2) is 4.98 Å². The lowest BCUT2D eigenvalue weighted by atomic mass is 10.2. The van der Waals surface area contributed by atoms with Crippen molar-refractivity contribution in [2.75, 3.05) is 0 Å². The number of pyridine rings is 1. The fourth-order valence-electron chi connectivity index (χ4n) is 2.74. The summed E-state index contributed by atoms with van der Waals surface area (Å²) in [6, 6.07) is 32.0. The highest BCUT2D eigenvalue weighted by atomic mass is 16.3. The first-order chi connectivity index (χ1) is 13.4. The van der Waals surface area contributed by atoms with Crippen molar-refractivity contribution >= 4 is 10.9 Å². The quantitative estimate of drug-likeness (QED) is 0.378. The van der Waals surface area contributed by atoms with Crippen LogP contribution >= 0.6 is 0 Å². The monoisotopic (exact) mass is 350 g/mol. The summed E-state index contributed by atoms with van der Waals surface area (Å²) in [5.74, 6) is 0.657. The van der Waals surface area contributed by atoms with Crippen molar-refractivity contribution < 1.29 is 4.42 Å². The van der Waals surface area contributed by atoms with Crippen LogP contribution in [0.2, 0.25) is 0 Å². The maximum absolute atomic E-state index is 5.49. The van der Waals surface area contributed by atoms with Crippen LogP contribution in [0.5, 0.6) is 0 Å². The van der Waals surface area contributed by atoms with Gasteiger partial charge in [-0.1, -0.05) is 72.8 Å². The molecule has 3 heteroatoms. The van der Waals surface area contributed by atoms with Crippen molar-refractivity contribution in [2.45, 2.75) is 0 Å². The van der Waals surface area contributed by atoms with Gasteiger partial charge < -0.3 is 4.42 Å². The molecule has 0 aliphatic rings. The van der Waals surface area contributed by atoms with Gasteiger partial charge in [0.1, 0.15) is 12.0 Å². The Labute approximate surface area is 158 Å². The molecule has 0 atom stereocenters. The molecule has 2 heterocycles. The molecule has 130 valence electrons. The smallest absolute Gasteiger partial charge is 0.226 e. The van der Waals surface area contributed by atoms with Gasteiger partial charge in [-0.3, -0.25) is 4.98 Å². The minimum Gasteiger partial charge on any atom is -0.444 e. The summed E-state index contributed by atoms with van der Waals surface area (Å²) in [5, 5.41) is 1.20. The number of fused-ring (bicyclic) bond motifs is 1. The van der Waals surface area contributed by atoms with E-state index in [0.717, 1.165) is 22.3 Å². The average Bonchev–Trinajstić information content (AvgIpc) is 3.26. The second-order valence-corrected chi connectivity index (χ2v) is 5.97. The average molecular weight is 350 g/mol. The Morgan fingerprint density at radius 3 is 1.96 bits per heavy atom. The van der Waals surface area contributed by atoms with E-state index in [1.807, 2.05) is 91.1 Å². The summed E-state index contributed by atoms with van der Waals surface area (Å²) >= 11 is 0. The Morgan fingerprint density at radius 2 is 1.22 bits per heavy atom. The zero-order valence-corrected chi connectivity index (χ0v) is 14.7. The van der Waals surface area contributed by atoms with E-state index < -0.39 is 0 Å². The number of aromatic nitrogens is 2. The maximum atomic E-state index is 5.49. The predicted octanol–water partition coefficient (Wildman–Crippen LogP) is 6.24. The third-order valence-corrected chi connectivity index (χ3v) is 4.11. The number of benzene rings is 3. The first-order valence-electron chi connectivity index (χ1n) is 8.76. The van der Waals surface area contributed by atoms with Crippen molar-refractivity contribution in [1.82, 2.24) is 9.97 Å². The van der Waals surface area contributed by atoms with Crippen LogP contribution in [0.15, 0.2) is 114 Å². The van der Waals surface area contributed by atoms with Crippen molar-refractivity contribution in [3.05, 3.63) is 110 Å². The van der Waals surface area contributed by atoms with E-state index in [1.54, 1.807) is 6.26 Å². The van der Waals surface area contributed by atoms with Crippen LogP contribution in [0, 0.1) is 0 Å². The summed E-state index contributed by atoms with van der Waals surface area (Å²) in [7, 11) is 0. The number of para-hydroxylation sites is 1. The van der Waals surface area contributed by atoms with Crippen LogP contribution in [-0.4, -0.2) is 9.97 Å². The Hall–Kier alpha value is -3.72. The van der Waals surface area contributed by atoms with E-state index in [2.05, 4.69) is 22.1 Å². The van der Waals surface area contributed by atoms with Crippen molar-refractivity contribution in [2.24, 2.45) is 0 Å². The van der Waals surface area contributed by atoms with Gasteiger partial charge in [-0.2, -0.15) is 0 Å². The first kappa shape index (κ1) is 16.7. The molecule has 5 aromatic rings. The van der Waals surface area contributed by atoms with Crippen molar-refractivity contribution in [3.8, 4) is 22.7 Å². The molecule has 0 N–H and O–H groups in total. The normalized spacial score (nSPS) is 10.2. The Kier molecular flexibility index (Phi) is 5.02. The Balaban J connectivity index is 0.000000153. The highest BCUT2D eigenvalue weighted by Gasteiger charge is 2.07. The van der Waals surface area contributed by atoms with Gasteiger partial charge >= 0.3 is 0 Å². The molecular formula is C24H18N2O. The summed E-state index contributed by atoms with van der Waals surface area (Å²) in [5.41, 5.74) is 3.99. The largest absolute Gasteiger partial charge is 0.444 e. The number of hydrogen-bond donors (Lipinski definition) is 0. The summed E-state index contributed by atoms with van der Waals surface area (Å²) in [6.07, 6.45) is 3.50. The SMILES string of the molecule is c1ccc(-c2coc(-c3ccccc3)n2)cc1.c1ccc2ncccc2c1. The van der Waals surface area contributed by atoms with Crippen LogP contribution in [0.3, 0.4) is 0 Å². The second-order valence-electron chi connectivity index (χ2n) is 5.97. The van der Waals surface area contributed by atoms with Crippen LogP contribution in [-0.2, 0) is 0 Å². The summed E-state index contributed by atoms with van der Waals surface area (Å²) in [6.45, 7) is 0. The standard InChI is InChI=1S/C15H11NO.C9H7N/c1-3-7-12(8-4-1)14-11-17-15(16-14)13-9-5-2-6-10-13;1-2-6-9-8(4-1)5-3-7-10-9/h1-11H;1-7H. The zero-order chi connectivity index (χ0) is 18.3. The number of hydrogen-bond acceptors (Lipinski definition) is 3. The molecule has 0 aliphatic carbocycles. The van der Waals surface area contributed by atoms with E-state index in [0.29, 0.717) is 5.89 Å². The van der Waals surface area contributed by atoms with Gasteiger partial charge in [0.25, 0.3) is 0 Å². The van der Waals surface area contributed by atoms with Gasteiger partial charge in [-0.05, 0) is 24.3 Å². The van der Waals surface area contributed by atoms with Crippen molar-refractivity contribution in [1.29, 1.82) is 0 Å². The van der Waals surface area contributed by atoms with Crippen LogP contribution in [0.4, 0.5) is 0 Å². The van der Waals surface area contributed by atoms with Crippen LogP contribution < -0.4 is 0 Å². The molecule has 0 bridgehead atoms. The van der Waals surface area contributed by atoms with E-state index >= 15 is 0 Å². The van der Waals surface area contributed by atoms with Crippen molar-refractivity contribution in [3.63, 3.8) is 0 Å². The van der Waals surface area contributed by atoms with Crippen LogP contribution in [0.1, 0.15) is 0 Å². The molecule has 0 amide bonds. The number of oxazole rings is 1. The lowest BCUT2D eigenvalue weighted by Gasteiger charge is -1.93. The van der Waals surface area contributed by atoms with Gasteiger partial charge in [-0.15, -0.1) is 0 Å². The Morgan fingerprint density at radius 1 is 0.593 bits per heavy atom. The molecule has 0 saturated heterocycles. The minimum atomic E-state index is 0.657. The topological polar surface area (TPSA) is 38.9 Å². The third kappa shape index (κ3) is 4.10. The third-order valence-electron chi connectivity index (χ3n) is 4.11. The fraction of sp³-hybridized carbons (Fsp3) is 0. The van der Waals surface area contributed by atoms with E-state index in [4.69, 9.17) is 4.42 Å². The molecule has 0 spiro atoms. The molecule has 0 radical (unpaired) electrons. The predicted molar refractivity (Wildman–Crippen MR) is 109 cm³/mol. The van der Waals surface area contributed by atoms with Gasteiger partial charge in [0.2, 0.25) is 5.89 Å². The molecule has 0 aliphatic heterocycles. The van der Waals surface area contributed by atoms with E-state index in [9.17, 15) is 0 Å². The molecule has 0 saturated carbocycles. The molecular weight excluding hydrogens is 332 g/mol. The van der Waals surface area contributed by atoms with E-state index in [-0.39, 0.29) is 0 Å². The minimum absolute atomic E-state index is 0.657. The summed E-state index contributed by atoms with van der Waals surface area (Å²) in [4.78, 5) is 8.67. The van der Waals surface area contributed by atoms with Gasteiger partial charge in [0, 0.05) is 22.7 Å². The number of rotatable bonds is 2. The Bertz CT molecular complexity index is 999. The molecule has 5 rings (SSSR count). The number of nitrogens with zero attached hydrogens (tertiary/aromatic N) is 2. The molecule has 0 fully saturated rings. The molecule has 2 aromatic heterocycles. The maximum Gasteiger partial charge on any atom is 0.226 e. The summed E-state index contributed by atoms with van der Waals surface area (Å²) < 4.78 is 5.49. The van der Waals surface area contributed by atoms with Gasteiger partial charge in [0.05, 0.1) is 5.52 Å². The lowest BCUT2D eigenvalue weighted by molar-refractivity contribution is 0.575. The molecule has 3 aromatic carbocycles. The second kappa shape index (κ2) is 8.11. The molecule has 3 nitrogen and oxygen atoms in total.